The van der Waals surface area contributed by atoms with Crippen LogP contribution in [0.15, 0.2) is 57.5 Å². The van der Waals surface area contributed by atoms with Gasteiger partial charge in [0.2, 0.25) is 0 Å². The topological polar surface area (TPSA) is 161 Å². The van der Waals surface area contributed by atoms with Crippen LogP contribution in [0, 0.1) is 0 Å². The molecular formula is C25H18Cl2NO8S-. The van der Waals surface area contributed by atoms with Gasteiger partial charge >= 0.3 is 5.97 Å². The summed E-state index contributed by atoms with van der Waals surface area (Å²) < 4.78 is 35.0. The summed E-state index contributed by atoms with van der Waals surface area (Å²) in [6.07, 6.45) is 2.47. The number of hydrogen-bond acceptors (Lipinski definition) is 8. The number of carbonyl (C=O) groups is 3. The average Bonchev–Trinajstić information content (AvgIpc) is 2.80. The van der Waals surface area contributed by atoms with Crippen LogP contribution in [0.4, 0.5) is 5.69 Å². The molecule has 192 valence electrons. The number of Topliss-reactive ketones (excluding diaryl/α,β-unsaturated/α-hetero) is 1. The highest BCUT2D eigenvalue weighted by molar-refractivity contribution is 7.85. The van der Waals surface area contributed by atoms with E-state index in [4.69, 9.17) is 28.3 Å². The van der Waals surface area contributed by atoms with Crippen molar-refractivity contribution in [2.24, 2.45) is 4.99 Å². The summed E-state index contributed by atoms with van der Waals surface area (Å²) >= 11 is 12.4. The monoisotopic (exact) mass is 562 g/mol. The molecule has 0 bridgehead atoms. The minimum atomic E-state index is -5.14. The number of aliphatic imine (C=N–C) groups is 1. The van der Waals surface area contributed by atoms with Gasteiger partial charge in [0.25, 0.3) is 0 Å². The van der Waals surface area contributed by atoms with Crippen LogP contribution in [0.3, 0.4) is 0 Å². The summed E-state index contributed by atoms with van der Waals surface area (Å²) in [4.78, 5) is 40.5. The van der Waals surface area contributed by atoms with E-state index in [0.29, 0.717) is 28.6 Å². The van der Waals surface area contributed by atoms with Crippen LogP contribution in [0.5, 0.6) is 5.75 Å². The maximum absolute atomic E-state index is 12.9. The number of allylic oxidation sites excluding steroid dienone is 4. The van der Waals surface area contributed by atoms with E-state index in [1.807, 2.05) is 13.8 Å². The molecule has 2 aromatic carbocycles. The lowest BCUT2D eigenvalue weighted by Gasteiger charge is -2.36. The molecule has 2 aliphatic rings. The predicted molar refractivity (Wildman–Crippen MR) is 134 cm³/mol. The molecule has 2 N–H and O–H groups in total. The van der Waals surface area contributed by atoms with Crippen LogP contribution in [0.25, 0.3) is 0 Å². The third-order valence-corrected chi connectivity index (χ3v) is 7.84. The number of benzene rings is 2. The molecule has 12 heteroatoms. The lowest BCUT2D eigenvalue weighted by Crippen LogP contribution is -2.32. The smallest absolute Gasteiger partial charge is 0.335 e. The molecule has 0 spiro atoms. The van der Waals surface area contributed by atoms with Crippen molar-refractivity contribution in [3.05, 3.63) is 74.3 Å². The Labute approximate surface area is 221 Å². The van der Waals surface area contributed by atoms with Crippen molar-refractivity contribution in [2.75, 3.05) is 0 Å². The molecule has 1 heterocycles. The van der Waals surface area contributed by atoms with Gasteiger partial charge in [-0.15, -0.1) is 0 Å². The van der Waals surface area contributed by atoms with Crippen molar-refractivity contribution in [3.8, 4) is 5.75 Å². The fourth-order valence-corrected chi connectivity index (χ4v) is 5.82. The first kappa shape index (κ1) is 26.7. The number of carboxylic acid groups (broad SMARTS) is 1. The van der Waals surface area contributed by atoms with E-state index in [1.54, 1.807) is 0 Å². The molecular weight excluding hydrogens is 545 g/mol. The van der Waals surface area contributed by atoms with Crippen LogP contribution in [-0.4, -0.2) is 46.4 Å². The van der Waals surface area contributed by atoms with Crippen LogP contribution in [0.1, 0.15) is 53.0 Å². The number of aromatic carboxylic acids is 1. The molecule has 9 nitrogen and oxygen atoms in total. The second-order valence-electron chi connectivity index (χ2n) is 9.02. The maximum Gasteiger partial charge on any atom is 0.335 e. The first-order valence-corrected chi connectivity index (χ1v) is 12.9. The number of nitrogens with zero attached hydrogens (tertiary/aromatic N) is 1. The first-order chi connectivity index (χ1) is 17.1. The van der Waals surface area contributed by atoms with Gasteiger partial charge in [-0.3, -0.25) is 9.59 Å². The lowest BCUT2D eigenvalue weighted by molar-refractivity contribution is -0.111. The van der Waals surface area contributed by atoms with Crippen molar-refractivity contribution in [3.63, 3.8) is 0 Å². The highest BCUT2D eigenvalue weighted by Crippen LogP contribution is 2.51. The van der Waals surface area contributed by atoms with Gasteiger partial charge < -0.3 is 14.8 Å². The summed E-state index contributed by atoms with van der Waals surface area (Å²) in [6.45, 7) is 3.62. The maximum atomic E-state index is 12.9. The molecule has 0 saturated carbocycles. The quantitative estimate of drug-likeness (QED) is 0.289. The third kappa shape index (κ3) is 4.73. The summed E-state index contributed by atoms with van der Waals surface area (Å²) in [7, 11) is -5.14. The van der Waals surface area contributed by atoms with E-state index in [9.17, 15) is 32.5 Å². The number of carbonyl (C=O) groups excluding carboxylic acids is 2. The van der Waals surface area contributed by atoms with Gasteiger partial charge in [-0.25, -0.2) is 18.2 Å². The van der Waals surface area contributed by atoms with Crippen molar-refractivity contribution in [2.45, 2.75) is 37.0 Å². The van der Waals surface area contributed by atoms with E-state index in [2.05, 4.69) is 4.99 Å². The van der Waals surface area contributed by atoms with Gasteiger partial charge in [0.05, 0.1) is 31.9 Å². The normalized spacial score (nSPS) is 16.2. The first-order valence-electron chi connectivity index (χ1n) is 10.8. The summed E-state index contributed by atoms with van der Waals surface area (Å²) in [6, 6.07) is 4.10. The number of halogens is 2. The van der Waals surface area contributed by atoms with Gasteiger partial charge in [-0.2, -0.15) is 0 Å². The molecule has 1 aliphatic carbocycles. The van der Waals surface area contributed by atoms with Crippen molar-refractivity contribution in [1.82, 2.24) is 0 Å². The number of phenols is 1. The van der Waals surface area contributed by atoms with Crippen LogP contribution < -0.4 is 0 Å². The molecule has 0 unspecified atom stereocenters. The zero-order valence-electron chi connectivity index (χ0n) is 19.3. The van der Waals surface area contributed by atoms with Gasteiger partial charge in [0, 0.05) is 28.5 Å². The largest absolute Gasteiger partial charge is 0.744 e. The molecule has 37 heavy (non-hydrogen) atoms. The van der Waals surface area contributed by atoms with Crippen LogP contribution >= 0.6 is 23.2 Å². The van der Waals surface area contributed by atoms with Crippen molar-refractivity contribution >= 4 is 62.3 Å². The summed E-state index contributed by atoms with van der Waals surface area (Å²) in [5.41, 5.74) is 0.396. The van der Waals surface area contributed by atoms with Gasteiger partial charge in [0.1, 0.15) is 10.1 Å². The molecule has 2 aromatic rings. The Bertz CT molecular complexity index is 1620. The van der Waals surface area contributed by atoms with Crippen molar-refractivity contribution in [1.29, 1.82) is 0 Å². The number of aromatic hydroxyl groups is 1. The second-order valence-corrected chi connectivity index (χ2v) is 11.2. The Morgan fingerprint density at radius 3 is 2.43 bits per heavy atom. The molecule has 0 aromatic heterocycles. The molecule has 0 radical (unpaired) electrons. The fraction of sp³-hybridized carbons (Fsp3) is 0.200. The zero-order valence-corrected chi connectivity index (χ0v) is 21.7. The number of hydrogen-bond donors (Lipinski definition) is 2. The Morgan fingerprint density at radius 1 is 1.14 bits per heavy atom. The Morgan fingerprint density at radius 2 is 1.81 bits per heavy atom. The fourth-order valence-electron chi connectivity index (χ4n) is 4.42. The molecule has 1 aliphatic heterocycles. The second kappa shape index (κ2) is 9.21. The number of carboxylic acids is 1. The number of phenolic OH excluding ortho intramolecular Hbond substituents is 1. The molecule has 4 rings (SSSR count). The predicted octanol–water partition coefficient (Wildman–Crippen LogP) is 4.76. The van der Waals surface area contributed by atoms with E-state index >= 15 is 0 Å². The SMILES string of the molecule is CC1(C)C2=CC(=O)C(CCC(=O)c3ccc(C(=O)O)cc3S(=O)(=O)[O-])=CC2=Nc2cc(Cl)c(O)c(Cl)c21. The minimum Gasteiger partial charge on any atom is -0.744 e. The highest BCUT2D eigenvalue weighted by atomic mass is 35.5. The zero-order chi connectivity index (χ0) is 27.4. The minimum absolute atomic E-state index is 0.0102. The standard InChI is InChI=1S/C25H19Cl2NO8S/c1-25(2)14-9-19(30)11(7-16(14)28-17-10-15(26)23(31)22(27)21(17)25)4-6-18(29)13-5-3-12(24(32)33)8-20(13)37(34,35)36/h3,5,7-10,31H,4,6H2,1-2H3,(H,32,33)(H,34,35,36)/p-1. The highest BCUT2D eigenvalue weighted by Gasteiger charge is 2.39. The number of fused-ring (bicyclic) bond motifs is 2. The summed E-state index contributed by atoms with van der Waals surface area (Å²) in [5, 5.41) is 19.3. The molecule has 0 atom stereocenters. The third-order valence-electron chi connectivity index (χ3n) is 6.31. The van der Waals surface area contributed by atoms with E-state index < -0.39 is 49.1 Å². The number of ketones is 2. The van der Waals surface area contributed by atoms with Gasteiger partial charge in [-0.05, 0) is 48.4 Å². The Balaban J connectivity index is 1.67. The van der Waals surface area contributed by atoms with E-state index in [1.165, 1.54) is 18.2 Å². The van der Waals surface area contributed by atoms with Gasteiger partial charge in [-0.1, -0.05) is 37.0 Å². The lowest BCUT2D eigenvalue weighted by atomic mass is 9.70. The Kier molecular flexibility index (Phi) is 6.66. The van der Waals surface area contributed by atoms with E-state index in [-0.39, 0.29) is 34.2 Å². The Hall–Kier alpha value is -3.31. The summed E-state index contributed by atoms with van der Waals surface area (Å²) in [5.74, 6) is -2.90. The van der Waals surface area contributed by atoms with Crippen molar-refractivity contribution < 1.29 is 37.6 Å². The molecule has 0 saturated heterocycles. The van der Waals surface area contributed by atoms with Crippen LogP contribution in [0.2, 0.25) is 10.0 Å². The number of rotatable bonds is 6. The molecule has 0 amide bonds. The van der Waals surface area contributed by atoms with E-state index in [0.717, 1.165) is 12.1 Å². The van der Waals surface area contributed by atoms with Gasteiger partial charge in [0.15, 0.2) is 17.3 Å². The average molecular weight is 563 g/mol. The molecule has 0 fully saturated rings. The van der Waals surface area contributed by atoms with Crippen LogP contribution in [-0.2, 0) is 20.3 Å².